The molecule has 1 atom stereocenters. The molecule has 0 saturated carbocycles. The molecule has 0 aliphatic carbocycles. The molecule has 2 aromatic carbocycles. The molecule has 12 heteroatoms. The quantitative estimate of drug-likeness (QED) is 0.168. The van der Waals surface area contributed by atoms with Crippen LogP contribution in [0.1, 0.15) is 43.2 Å². The lowest BCUT2D eigenvalue weighted by Crippen LogP contribution is -2.40. The number of nitrogens with one attached hydrogen (secondary N) is 3. The lowest BCUT2D eigenvalue weighted by atomic mass is 9.90. The molecule has 5 aromatic rings. The van der Waals surface area contributed by atoms with Gasteiger partial charge in [0.25, 0.3) is 0 Å². The molecule has 3 aromatic heterocycles. The molecule has 248 valence electrons. The molecule has 7 rings (SSSR count). The van der Waals surface area contributed by atoms with Crippen molar-refractivity contribution in [1.29, 1.82) is 0 Å². The zero-order chi connectivity index (χ0) is 32.9. The van der Waals surface area contributed by atoms with Crippen LogP contribution in [0, 0.1) is 0 Å². The fraction of sp³-hybridized carbons (Fsp3) is 0.361. The Morgan fingerprint density at radius 2 is 1.75 bits per heavy atom. The molecule has 2 fully saturated rings. The van der Waals surface area contributed by atoms with Crippen molar-refractivity contribution in [2.24, 2.45) is 0 Å². The van der Waals surface area contributed by atoms with E-state index < -0.39 is 0 Å². The molecule has 2 amide bonds. The van der Waals surface area contributed by atoms with Crippen molar-refractivity contribution in [3.8, 4) is 11.3 Å². The largest absolute Gasteiger partial charge is 0.384 e. The number of rotatable bonds is 12. The summed E-state index contributed by atoms with van der Waals surface area (Å²) in [5, 5.41) is 14.1. The van der Waals surface area contributed by atoms with Crippen LogP contribution in [-0.4, -0.2) is 92.1 Å². The number of fused-ring (bicyclic) bond motifs is 1. The first-order chi connectivity index (χ1) is 23.5. The summed E-state index contributed by atoms with van der Waals surface area (Å²) in [6.07, 6.45) is 12.7. The smallest absolute Gasteiger partial charge is 0.234 e. The highest BCUT2D eigenvalue weighted by Crippen LogP contribution is 2.28. The second-order valence-electron chi connectivity index (χ2n) is 12.7. The molecule has 5 heterocycles. The first-order valence-corrected chi connectivity index (χ1v) is 16.8. The summed E-state index contributed by atoms with van der Waals surface area (Å²) in [4.78, 5) is 37.8. The molecule has 12 nitrogen and oxygen atoms in total. The lowest BCUT2D eigenvalue weighted by Gasteiger charge is -2.33. The van der Waals surface area contributed by atoms with Crippen molar-refractivity contribution in [3.63, 3.8) is 0 Å². The van der Waals surface area contributed by atoms with Crippen molar-refractivity contribution in [2.45, 2.75) is 37.6 Å². The van der Waals surface area contributed by atoms with Gasteiger partial charge in [-0.1, -0.05) is 42.5 Å². The Balaban J connectivity index is 0.832. The predicted molar refractivity (Wildman–Crippen MR) is 186 cm³/mol. The van der Waals surface area contributed by atoms with E-state index in [1.165, 1.54) is 0 Å². The SMILES string of the molecule is CN(CCNc1ccc(C2CCC(=O)NC2=O)cc1)CCN1CCC(n2cc(Nc3ncc(-c4ccccc4)n4ccnc34)cn2)CC1. The number of anilines is 3. The summed E-state index contributed by atoms with van der Waals surface area (Å²) in [5.41, 5.74) is 5.76. The maximum atomic E-state index is 12.2. The highest BCUT2D eigenvalue weighted by atomic mass is 16.2. The number of hydrogen-bond acceptors (Lipinski definition) is 9. The third-order valence-corrected chi connectivity index (χ3v) is 9.47. The van der Waals surface area contributed by atoms with Crippen LogP contribution in [0.5, 0.6) is 0 Å². The highest BCUT2D eigenvalue weighted by molar-refractivity contribution is 6.00. The average Bonchev–Trinajstić information content (AvgIpc) is 3.80. The Hall–Kier alpha value is -5.07. The van der Waals surface area contributed by atoms with E-state index in [1.54, 1.807) is 6.20 Å². The summed E-state index contributed by atoms with van der Waals surface area (Å²) >= 11 is 0. The number of hydrogen-bond donors (Lipinski definition) is 3. The topological polar surface area (TPSA) is 125 Å². The second kappa shape index (κ2) is 14.4. The molecule has 2 saturated heterocycles. The molecule has 1 unspecified atom stereocenters. The average molecular weight is 647 g/mol. The van der Waals surface area contributed by atoms with Gasteiger partial charge in [-0.25, -0.2) is 9.97 Å². The summed E-state index contributed by atoms with van der Waals surface area (Å²) in [5.74, 6) is 0.0773. The molecule has 0 radical (unpaired) electrons. The summed E-state index contributed by atoms with van der Waals surface area (Å²) in [7, 11) is 2.17. The van der Waals surface area contributed by atoms with Crippen LogP contribution in [0.4, 0.5) is 17.2 Å². The molecule has 0 spiro atoms. The van der Waals surface area contributed by atoms with Gasteiger partial charge in [0.1, 0.15) is 0 Å². The number of piperidine rings is 2. The summed E-state index contributed by atoms with van der Waals surface area (Å²) in [6, 6.07) is 18.6. The van der Waals surface area contributed by atoms with E-state index in [9.17, 15) is 9.59 Å². The van der Waals surface area contributed by atoms with Gasteiger partial charge in [0, 0.05) is 75.5 Å². The van der Waals surface area contributed by atoms with E-state index in [1.807, 2.05) is 61.1 Å². The van der Waals surface area contributed by atoms with E-state index in [4.69, 9.17) is 10.1 Å². The number of likely N-dealkylation sites (N-methyl/N-ethyl adjacent to an activating group) is 1. The number of nitrogens with zero attached hydrogens (tertiary/aromatic N) is 7. The number of benzene rings is 2. The van der Waals surface area contributed by atoms with Gasteiger partial charge in [-0.3, -0.25) is 24.0 Å². The standard InChI is InChI=1S/C36H42N10O2/c1-43(19-15-37-28-9-7-26(8-10-28)31-11-12-33(47)42-36(31)48)21-22-44-17-13-30(14-18-44)46-25-29(23-40-46)41-34-35-38-16-20-45(35)32(24-39-34)27-5-3-2-4-6-27/h2-10,16,20,23-25,30-31,37H,11-15,17-19,21-22H2,1H3,(H,39,41)(H,42,47,48). The maximum absolute atomic E-state index is 12.2. The molecular formula is C36H42N10O2. The summed E-state index contributed by atoms with van der Waals surface area (Å²) < 4.78 is 4.15. The monoisotopic (exact) mass is 646 g/mol. The van der Waals surface area contributed by atoms with Gasteiger partial charge < -0.3 is 20.4 Å². The van der Waals surface area contributed by atoms with Gasteiger partial charge in [0.15, 0.2) is 11.5 Å². The first kappa shape index (κ1) is 31.5. The van der Waals surface area contributed by atoms with Crippen molar-refractivity contribution >= 4 is 34.7 Å². The fourth-order valence-corrected chi connectivity index (χ4v) is 6.64. The normalized spacial score (nSPS) is 17.6. The first-order valence-electron chi connectivity index (χ1n) is 16.8. The molecule has 2 aliphatic heterocycles. The zero-order valence-electron chi connectivity index (χ0n) is 27.3. The lowest BCUT2D eigenvalue weighted by molar-refractivity contribution is -0.134. The maximum Gasteiger partial charge on any atom is 0.234 e. The number of carbonyl (C=O) groups excluding carboxylic acids is 2. The Morgan fingerprint density at radius 1 is 0.938 bits per heavy atom. The third-order valence-electron chi connectivity index (χ3n) is 9.47. The minimum absolute atomic E-state index is 0.183. The van der Waals surface area contributed by atoms with Crippen LogP contribution in [0.3, 0.4) is 0 Å². The zero-order valence-corrected chi connectivity index (χ0v) is 27.3. The van der Waals surface area contributed by atoms with Crippen molar-refractivity contribution in [3.05, 3.63) is 91.1 Å². The predicted octanol–water partition coefficient (Wildman–Crippen LogP) is 4.54. The Bertz CT molecular complexity index is 1840. The van der Waals surface area contributed by atoms with Crippen LogP contribution >= 0.6 is 0 Å². The van der Waals surface area contributed by atoms with Gasteiger partial charge in [-0.2, -0.15) is 5.10 Å². The molecule has 48 heavy (non-hydrogen) atoms. The van der Waals surface area contributed by atoms with E-state index in [0.29, 0.717) is 24.7 Å². The summed E-state index contributed by atoms with van der Waals surface area (Å²) in [6.45, 7) is 5.93. The third kappa shape index (κ3) is 7.24. The number of carbonyl (C=O) groups is 2. The molecule has 0 bridgehead atoms. The van der Waals surface area contributed by atoms with E-state index >= 15 is 0 Å². The molecule has 3 N–H and O–H groups in total. The van der Waals surface area contributed by atoms with Gasteiger partial charge in [0.2, 0.25) is 11.8 Å². The van der Waals surface area contributed by atoms with Crippen LogP contribution in [0.2, 0.25) is 0 Å². The Labute approximate surface area is 280 Å². The molecule has 2 aliphatic rings. The van der Waals surface area contributed by atoms with Crippen LogP contribution in [0.25, 0.3) is 16.9 Å². The minimum Gasteiger partial charge on any atom is -0.384 e. The number of imidazole rings is 1. The van der Waals surface area contributed by atoms with Gasteiger partial charge in [-0.15, -0.1) is 0 Å². The Morgan fingerprint density at radius 3 is 2.54 bits per heavy atom. The number of imide groups is 1. The van der Waals surface area contributed by atoms with Gasteiger partial charge in [-0.05, 0) is 44.0 Å². The van der Waals surface area contributed by atoms with Crippen LogP contribution < -0.4 is 16.0 Å². The van der Waals surface area contributed by atoms with Crippen molar-refractivity contribution in [1.82, 2.24) is 39.3 Å². The molecular weight excluding hydrogens is 604 g/mol. The van der Waals surface area contributed by atoms with E-state index in [-0.39, 0.29) is 17.7 Å². The van der Waals surface area contributed by atoms with Crippen LogP contribution in [-0.2, 0) is 9.59 Å². The van der Waals surface area contributed by atoms with Crippen molar-refractivity contribution in [2.75, 3.05) is 56.9 Å². The van der Waals surface area contributed by atoms with Crippen molar-refractivity contribution < 1.29 is 9.59 Å². The number of amides is 2. The second-order valence-corrected chi connectivity index (χ2v) is 12.7. The van der Waals surface area contributed by atoms with Crippen LogP contribution in [0.15, 0.2) is 85.6 Å². The minimum atomic E-state index is -0.247. The Kier molecular flexibility index (Phi) is 9.43. The van der Waals surface area contributed by atoms with E-state index in [0.717, 1.165) is 86.0 Å². The number of aromatic nitrogens is 5. The van der Waals surface area contributed by atoms with Gasteiger partial charge >= 0.3 is 0 Å². The highest BCUT2D eigenvalue weighted by Gasteiger charge is 2.27. The van der Waals surface area contributed by atoms with E-state index in [2.05, 4.69) is 65.2 Å². The number of likely N-dealkylation sites (tertiary alicyclic amines) is 1. The fourth-order valence-electron chi connectivity index (χ4n) is 6.64. The van der Waals surface area contributed by atoms with Gasteiger partial charge in [0.05, 0.1) is 35.7 Å².